The molecule has 0 saturated carbocycles. The van der Waals surface area contributed by atoms with Crippen molar-refractivity contribution in [2.75, 3.05) is 7.05 Å². The summed E-state index contributed by atoms with van der Waals surface area (Å²) in [5, 5.41) is 17.8. The van der Waals surface area contributed by atoms with Gasteiger partial charge < -0.3 is 15.1 Å². The maximum Gasteiger partial charge on any atom is 0.326 e. The second kappa shape index (κ2) is 13.8. The van der Waals surface area contributed by atoms with E-state index in [4.69, 9.17) is 10.2 Å². The van der Waals surface area contributed by atoms with Crippen molar-refractivity contribution in [3.8, 4) is 0 Å². The Morgan fingerprint density at radius 2 is 1.33 bits per heavy atom. The number of carboxylic acids is 2. The van der Waals surface area contributed by atoms with Crippen molar-refractivity contribution in [1.82, 2.24) is 4.90 Å². The molecule has 1 amide bonds. The Morgan fingerprint density at radius 1 is 0.833 bits per heavy atom. The molecule has 0 fully saturated rings. The summed E-state index contributed by atoms with van der Waals surface area (Å²) in [4.78, 5) is 35.0. The first-order valence-electron chi connectivity index (χ1n) is 9.10. The Bertz CT molecular complexity index is 384. The molecule has 140 valence electrons. The highest BCUT2D eigenvalue weighted by atomic mass is 16.4. The van der Waals surface area contributed by atoms with Gasteiger partial charge in [-0.05, 0) is 12.8 Å². The SMILES string of the molecule is CCCCCCCCCCCC(=O)N(C)[C@@H](CCC(=O)O)C(=O)O. The van der Waals surface area contributed by atoms with Crippen LogP contribution in [0.1, 0.15) is 84.0 Å². The molecule has 0 aromatic carbocycles. The molecule has 0 aliphatic carbocycles. The topological polar surface area (TPSA) is 94.9 Å². The van der Waals surface area contributed by atoms with Crippen LogP contribution in [0.3, 0.4) is 0 Å². The van der Waals surface area contributed by atoms with Crippen LogP contribution in [0.5, 0.6) is 0 Å². The van der Waals surface area contributed by atoms with E-state index >= 15 is 0 Å². The quantitative estimate of drug-likeness (QED) is 0.442. The summed E-state index contributed by atoms with van der Waals surface area (Å²) in [5.41, 5.74) is 0. The molecule has 6 heteroatoms. The van der Waals surface area contributed by atoms with Gasteiger partial charge in [0.25, 0.3) is 0 Å². The van der Waals surface area contributed by atoms with E-state index in [2.05, 4.69) is 6.92 Å². The number of hydrogen-bond donors (Lipinski definition) is 2. The van der Waals surface area contributed by atoms with E-state index in [1.54, 1.807) is 0 Å². The number of nitrogens with zero attached hydrogens (tertiary/aromatic N) is 1. The van der Waals surface area contributed by atoms with Gasteiger partial charge in [0.2, 0.25) is 5.91 Å². The molecule has 6 nitrogen and oxygen atoms in total. The summed E-state index contributed by atoms with van der Waals surface area (Å²) in [6.45, 7) is 2.20. The van der Waals surface area contributed by atoms with E-state index in [1.807, 2.05) is 0 Å². The average molecular weight is 343 g/mol. The maximum atomic E-state index is 12.1. The molecule has 0 aliphatic heterocycles. The molecular formula is C18H33NO5. The zero-order valence-corrected chi connectivity index (χ0v) is 15.1. The van der Waals surface area contributed by atoms with Crippen LogP contribution in [0.25, 0.3) is 0 Å². The van der Waals surface area contributed by atoms with Crippen LogP contribution in [0.2, 0.25) is 0 Å². The molecule has 0 bridgehead atoms. The molecule has 0 aliphatic rings. The fraction of sp³-hybridized carbons (Fsp3) is 0.833. The number of carbonyl (C=O) groups excluding carboxylic acids is 1. The van der Waals surface area contributed by atoms with Crippen LogP contribution in [0.4, 0.5) is 0 Å². The molecule has 0 unspecified atom stereocenters. The Morgan fingerprint density at radius 3 is 1.79 bits per heavy atom. The van der Waals surface area contributed by atoms with Crippen molar-refractivity contribution in [3.63, 3.8) is 0 Å². The number of rotatable bonds is 15. The molecule has 1 atom stereocenters. The van der Waals surface area contributed by atoms with Crippen molar-refractivity contribution < 1.29 is 24.6 Å². The Labute approximate surface area is 145 Å². The second-order valence-corrected chi connectivity index (χ2v) is 6.37. The van der Waals surface area contributed by atoms with Crippen LogP contribution in [0.15, 0.2) is 0 Å². The number of unbranched alkanes of at least 4 members (excludes halogenated alkanes) is 8. The van der Waals surface area contributed by atoms with Gasteiger partial charge in [-0.1, -0.05) is 58.3 Å². The minimum atomic E-state index is -1.15. The first kappa shape index (κ1) is 22.4. The van der Waals surface area contributed by atoms with Crippen molar-refractivity contribution in [2.24, 2.45) is 0 Å². The van der Waals surface area contributed by atoms with Gasteiger partial charge in [0.1, 0.15) is 6.04 Å². The van der Waals surface area contributed by atoms with Gasteiger partial charge in [0.05, 0.1) is 0 Å². The van der Waals surface area contributed by atoms with Gasteiger partial charge in [-0.3, -0.25) is 9.59 Å². The predicted octanol–water partition coefficient (Wildman–Crippen LogP) is 3.68. The maximum absolute atomic E-state index is 12.1. The number of carbonyl (C=O) groups is 3. The van der Waals surface area contributed by atoms with E-state index in [1.165, 1.54) is 50.5 Å². The first-order chi connectivity index (χ1) is 11.4. The highest BCUT2D eigenvalue weighted by Gasteiger charge is 2.26. The molecular weight excluding hydrogens is 310 g/mol. The van der Waals surface area contributed by atoms with Crippen LogP contribution in [-0.2, 0) is 14.4 Å². The van der Waals surface area contributed by atoms with Crippen LogP contribution in [0, 0.1) is 0 Å². The fourth-order valence-corrected chi connectivity index (χ4v) is 2.68. The molecule has 0 aromatic rings. The fourth-order valence-electron chi connectivity index (χ4n) is 2.68. The van der Waals surface area contributed by atoms with E-state index in [0.717, 1.165) is 19.3 Å². The highest BCUT2D eigenvalue weighted by molar-refractivity contribution is 5.83. The number of aliphatic carboxylic acids is 2. The molecule has 0 rings (SSSR count). The molecule has 0 radical (unpaired) electrons. The third kappa shape index (κ3) is 11.0. The number of hydrogen-bond acceptors (Lipinski definition) is 3. The van der Waals surface area contributed by atoms with Crippen molar-refractivity contribution >= 4 is 17.8 Å². The summed E-state index contributed by atoms with van der Waals surface area (Å²) in [6, 6.07) is -1.06. The van der Waals surface area contributed by atoms with E-state index < -0.39 is 18.0 Å². The zero-order valence-electron chi connectivity index (χ0n) is 15.1. The predicted molar refractivity (Wildman–Crippen MR) is 92.9 cm³/mol. The molecule has 2 N–H and O–H groups in total. The van der Waals surface area contributed by atoms with Crippen LogP contribution >= 0.6 is 0 Å². The third-order valence-electron chi connectivity index (χ3n) is 4.27. The lowest BCUT2D eigenvalue weighted by molar-refractivity contribution is -0.150. The Hall–Kier alpha value is -1.59. The number of carboxylic acid groups (broad SMARTS) is 2. The molecule has 0 saturated heterocycles. The Kier molecular flexibility index (Phi) is 12.9. The van der Waals surface area contributed by atoms with Gasteiger partial charge in [-0.2, -0.15) is 0 Å². The van der Waals surface area contributed by atoms with Crippen molar-refractivity contribution in [2.45, 2.75) is 90.0 Å². The van der Waals surface area contributed by atoms with E-state index in [0.29, 0.717) is 6.42 Å². The van der Waals surface area contributed by atoms with Crippen LogP contribution < -0.4 is 0 Å². The summed E-state index contributed by atoms with van der Waals surface area (Å²) in [7, 11) is 1.44. The summed E-state index contributed by atoms with van der Waals surface area (Å²) in [5.74, 6) is -2.43. The smallest absolute Gasteiger partial charge is 0.326 e. The van der Waals surface area contributed by atoms with Gasteiger partial charge in [-0.15, -0.1) is 0 Å². The van der Waals surface area contributed by atoms with Gasteiger partial charge in [0.15, 0.2) is 0 Å². The largest absolute Gasteiger partial charge is 0.481 e. The molecule has 0 spiro atoms. The normalized spacial score (nSPS) is 11.9. The molecule has 24 heavy (non-hydrogen) atoms. The van der Waals surface area contributed by atoms with E-state index in [-0.39, 0.29) is 18.7 Å². The zero-order chi connectivity index (χ0) is 18.4. The lowest BCUT2D eigenvalue weighted by Crippen LogP contribution is -2.42. The van der Waals surface area contributed by atoms with E-state index in [9.17, 15) is 14.4 Å². The molecule has 0 heterocycles. The van der Waals surface area contributed by atoms with Gasteiger partial charge in [-0.25, -0.2) is 4.79 Å². The highest BCUT2D eigenvalue weighted by Crippen LogP contribution is 2.13. The van der Waals surface area contributed by atoms with Gasteiger partial charge in [0, 0.05) is 19.9 Å². The lowest BCUT2D eigenvalue weighted by Gasteiger charge is -2.24. The van der Waals surface area contributed by atoms with Crippen molar-refractivity contribution in [1.29, 1.82) is 0 Å². The van der Waals surface area contributed by atoms with Gasteiger partial charge >= 0.3 is 11.9 Å². The van der Waals surface area contributed by atoms with Crippen LogP contribution in [-0.4, -0.2) is 46.0 Å². The minimum absolute atomic E-state index is 0.0648. The van der Waals surface area contributed by atoms with Crippen molar-refractivity contribution in [3.05, 3.63) is 0 Å². The third-order valence-corrected chi connectivity index (χ3v) is 4.27. The first-order valence-corrected chi connectivity index (χ1v) is 9.10. The lowest BCUT2D eigenvalue weighted by atomic mass is 10.1. The summed E-state index contributed by atoms with van der Waals surface area (Å²) in [6.07, 6.45) is 10.4. The molecule has 0 aromatic heterocycles. The number of likely N-dealkylation sites (N-methyl/N-ethyl adjacent to an activating group) is 1. The summed E-state index contributed by atoms with van der Waals surface area (Å²) >= 11 is 0. The summed E-state index contributed by atoms with van der Waals surface area (Å²) < 4.78 is 0. The second-order valence-electron chi connectivity index (χ2n) is 6.37. The number of amides is 1. The standard InChI is InChI=1S/C18H33NO5/c1-3-4-5-6-7-8-9-10-11-12-16(20)19(2)15(18(23)24)13-14-17(21)22/h15H,3-14H2,1-2H3,(H,21,22)(H,23,24)/t15-/m0/s1. The monoisotopic (exact) mass is 343 g/mol. The Balaban J connectivity index is 3.91. The average Bonchev–Trinajstić information content (AvgIpc) is 2.52. The minimum Gasteiger partial charge on any atom is -0.481 e.